The molecule has 0 unspecified atom stereocenters. The van der Waals surface area contributed by atoms with Crippen LogP contribution >= 0.6 is 0 Å². The Labute approximate surface area is 85.9 Å². The smallest absolute Gasteiger partial charge is 0.128 e. The third kappa shape index (κ3) is 3.58. The van der Waals surface area contributed by atoms with E-state index in [9.17, 15) is 0 Å². The Morgan fingerprint density at radius 1 is 1.36 bits per heavy atom. The van der Waals surface area contributed by atoms with E-state index < -0.39 is 0 Å². The van der Waals surface area contributed by atoms with Gasteiger partial charge in [0, 0.05) is 17.8 Å². The highest BCUT2D eigenvalue weighted by Gasteiger charge is 2.02. The maximum Gasteiger partial charge on any atom is 0.128 e. The number of hydrogen-bond donors (Lipinski definition) is 2. The molecule has 0 aromatic heterocycles. The summed E-state index contributed by atoms with van der Waals surface area (Å²) < 4.78 is 0. The maximum atomic E-state index is 5.75. The normalized spacial score (nSPS) is 13.9. The standard InChI is InChI=1S/C11H19N3/c1-5-9(7-12)11(13)14-10(6-2)8(3)4/h5-6,8H,1-2,7,12-13H2,3-4H3/b11-9+,14-10?. The predicted octanol–water partition coefficient (Wildman–Crippen LogP) is 1.58. The summed E-state index contributed by atoms with van der Waals surface area (Å²) in [5.74, 6) is 0.723. The summed E-state index contributed by atoms with van der Waals surface area (Å²) in [6.45, 7) is 11.7. The first-order valence-electron chi connectivity index (χ1n) is 4.58. The molecule has 3 heteroatoms. The third-order valence-corrected chi connectivity index (χ3v) is 1.85. The third-order valence-electron chi connectivity index (χ3n) is 1.85. The molecule has 3 nitrogen and oxygen atoms in total. The lowest BCUT2D eigenvalue weighted by atomic mass is 10.1. The fraction of sp³-hybridized carbons (Fsp3) is 0.364. The van der Waals surface area contributed by atoms with Gasteiger partial charge < -0.3 is 11.5 Å². The van der Waals surface area contributed by atoms with Gasteiger partial charge in [-0.2, -0.15) is 0 Å². The van der Waals surface area contributed by atoms with E-state index in [4.69, 9.17) is 11.5 Å². The number of allylic oxidation sites excluding steroid dienone is 1. The van der Waals surface area contributed by atoms with Crippen LogP contribution in [-0.4, -0.2) is 12.3 Å². The molecule has 0 saturated heterocycles. The fourth-order valence-electron chi connectivity index (χ4n) is 0.914. The van der Waals surface area contributed by atoms with Crippen molar-refractivity contribution in [3.8, 4) is 0 Å². The Kier molecular flexibility index (Phi) is 5.56. The molecule has 0 bridgehead atoms. The van der Waals surface area contributed by atoms with E-state index >= 15 is 0 Å². The molecule has 0 aromatic carbocycles. The van der Waals surface area contributed by atoms with Crippen molar-refractivity contribution in [1.29, 1.82) is 0 Å². The van der Waals surface area contributed by atoms with E-state index in [-0.39, 0.29) is 0 Å². The van der Waals surface area contributed by atoms with Gasteiger partial charge in [-0.1, -0.05) is 33.1 Å². The summed E-state index contributed by atoms with van der Waals surface area (Å²) in [5.41, 5.74) is 12.8. The SMILES string of the molecule is C=CC(=N/C(N)=C(\C=C)CN)C(C)C. The van der Waals surface area contributed by atoms with Crippen LogP contribution in [0.3, 0.4) is 0 Å². The molecule has 0 radical (unpaired) electrons. The van der Waals surface area contributed by atoms with Gasteiger partial charge in [-0.25, -0.2) is 4.99 Å². The fourth-order valence-corrected chi connectivity index (χ4v) is 0.914. The number of hydrogen-bond acceptors (Lipinski definition) is 3. The first-order valence-corrected chi connectivity index (χ1v) is 4.58. The van der Waals surface area contributed by atoms with Gasteiger partial charge in [-0.15, -0.1) is 0 Å². The lowest BCUT2D eigenvalue weighted by Crippen LogP contribution is -2.12. The molecule has 0 amide bonds. The van der Waals surface area contributed by atoms with Crippen LogP contribution in [0, 0.1) is 5.92 Å². The Hall–Kier alpha value is -1.35. The zero-order chi connectivity index (χ0) is 11.1. The van der Waals surface area contributed by atoms with Gasteiger partial charge in [0.25, 0.3) is 0 Å². The number of nitrogens with two attached hydrogens (primary N) is 2. The molecule has 0 heterocycles. The molecule has 0 aromatic rings. The van der Waals surface area contributed by atoms with Crippen LogP contribution < -0.4 is 11.5 Å². The second-order valence-corrected chi connectivity index (χ2v) is 3.21. The summed E-state index contributed by atoms with van der Waals surface area (Å²) in [4.78, 5) is 4.24. The van der Waals surface area contributed by atoms with E-state index in [0.29, 0.717) is 18.3 Å². The second kappa shape index (κ2) is 6.16. The minimum absolute atomic E-state index is 0.301. The van der Waals surface area contributed by atoms with Crippen LogP contribution in [0.15, 0.2) is 41.7 Å². The molecule has 0 aliphatic heterocycles. The van der Waals surface area contributed by atoms with Gasteiger partial charge in [0.2, 0.25) is 0 Å². The van der Waals surface area contributed by atoms with Gasteiger partial charge >= 0.3 is 0 Å². The van der Waals surface area contributed by atoms with Crippen LogP contribution in [0.5, 0.6) is 0 Å². The van der Waals surface area contributed by atoms with E-state index in [1.165, 1.54) is 0 Å². The molecule has 0 rings (SSSR count). The van der Waals surface area contributed by atoms with Crippen molar-refractivity contribution in [2.45, 2.75) is 13.8 Å². The molecule has 0 aliphatic rings. The molecular formula is C11H19N3. The van der Waals surface area contributed by atoms with Crippen molar-refractivity contribution in [2.24, 2.45) is 22.4 Å². The van der Waals surface area contributed by atoms with Gasteiger partial charge in [-0.3, -0.25) is 0 Å². The van der Waals surface area contributed by atoms with Gasteiger partial charge in [0.05, 0.1) is 0 Å². The quantitative estimate of drug-likeness (QED) is 0.514. The number of rotatable bonds is 5. The Bertz CT molecular complexity index is 272. The summed E-state index contributed by atoms with van der Waals surface area (Å²) in [6, 6.07) is 0. The maximum absolute atomic E-state index is 5.75. The highest BCUT2D eigenvalue weighted by atomic mass is 14.9. The molecule has 0 aliphatic carbocycles. The van der Waals surface area contributed by atoms with Crippen LogP contribution in [0.4, 0.5) is 0 Å². The van der Waals surface area contributed by atoms with Gasteiger partial charge in [-0.05, 0) is 12.0 Å². The molecule has 0 saturated carbocycles. The summed E-state index contributed by atoms with van der Waals surface area (Å²) in [5, 5.41) is 0. The summed E-state index contributed by atoms with van der Waals surface area (Å²) >= 11 is 0. The van der Waals surface area contributed by atoms with Crippen molar-refractivity contribution in [1.82, 2.24) is 0 Å². The molecule has 0 spiro atoms. The topological polar surface area (TPSA) is 64.4 Å². The Morgan fingerprint density at radius 3 is 2.21 bits per heavy atom. The average Bonchev–Trinajstić information content (AvgIpc) is 2.15. The van der Waals surface area contributed by atoms with E-state index in [2.05, 4.69) is 18.2 Å². The molecule has 0 fully saturated rings. The molecule has 14 heavy (non-hydrogen) atoms. The monoisotopic (exact) mass is 193 g/mol. The molecule has 4 N–H and O–H groups in total. The number of aliphatic imine (C=N–C) groups is 1. The van der Waals surface area contributed by atoms with Crippen LogP contribution in [0.25, 0.3) is 0 Å². The minimum atomic E-state index is 0.301. The first kappa shape index (κ1) is 12.7. The van der Waals surface area contributed by atoms with Crippen molar-refractivity contribution in [3.05, 3.63) is 36.7 Å². The lowest BCUT2D eigenvalue weighted by Gasteiger charge is -2.06. The second-order valence-electron chi connectivity index (χ2n) is 3.21. The Morgan fingerprint density at radius 2 is 1.93 bits per heavy atom. The Balaban J connectivity index is 5.02. The predicted molar refractivity (Wildman–Crippen MR) is 62.9 cm³/mol. The van der Waals surface area contributed by atoms with Crippen molar-refractivity contribution in [2.75, 3.05) is 6.54 Å². The van der Waals surface area contributed by atoms with Gasteiger partial charge in [0.1, 0.15) is 5.82 Å². The van der Waals surface area contributed by atoms with E-state index in [1.54, 1.807) is 12.2 Å². The van der Waals surface area contributed by atoms with E-state index in [0.717, 1.165) is 11.3 Å². The van der Waals surface area contributed by atoms with Crippen molar-refractivity contribution in [3.63, 3.8) is 0 Å². The molecule has 78 valence electrons. The van der Waals surface area contributed by atoms with Gasteiger partial charge in [0.15, 0.2) is 0 Å². The van der Waals surface area contributed by atoms with Crippen LogP contribution in [-0.2, 0) is 0 Å². The van der Waals surface area contributed by atoms with Crippen molar-refractivity contribution < 1.29 is 0 Å². The largest absolute Gasteiger partial charge is 0.383 e. The van der Waals surface area contributed by atoms with Crippen molar-refractivity contribution >= 4 is 5.71 Å². The molecule has 0 atom stereocenters. The zero-order valence-electron chi connectivity index (χ0n) is 8.96. The summed E-state index contributed by atoms with van der Waals surface area (Å²) in [6.07, 6.45) is 3.33. The van der Waals surface area contributed by atoms with Crippen LogP contribution in [0.1, 0.15) is 13.8 Å². The zero-order valence-corrected chi connectivity index (χ0v) is 8.96. The minimum Gasteiger partial charge on any atom is -0.383 e. The highest BCUT2D eigenvalue weighted by Crippen LogP contribution is 2.05. The first-order chi connectivity index (χ1) is 6.56. The lowest BCUT2D eigenvalue weighted by molar-refractivity contribution is 0.883. The number of nitrogens with zero attached hydrogens (tertiary/aromatic N) is 1. The summed E-state index contributed by atoms with van der Waals surface area (Å²) in [7, 11) is 0. The average molecular weight is 193 g/mol. The van der Waals surface area contributed by atoms with Crippen LogP contribution in [0.2, 0.25) is 0 Å². The highest BCUT2D eigenvalue weighted by molar-refractivity contribution is 5.96. The van der Waals surface area contributed by atoms with E-state index in [1.807, 2.05) is 13.8 Å². The molecular weight excluding hydrogens is 174 g/mol.